The number of benzene rings is 1. The van der Waals surface area contributed by atoms with Crippen molar-refractivity contribution in [1.29, 1.82) is 0 Å². The Hall–Kier alpha value is -2.95. The monoisotopic (exact) mass is 332 g/mol. The van der Waals surface area contributed by atoms with Gasteiger partial charge < -0.3 is 4.40 Å². The van der Waals surface area contributed by atoms with Crippen molar-refractivity contribution in [3.05, 3.63) is 66.0 Å². The van der Waals surface area contributed by atoms with Crippen LogP contribution in [-0.2, 0) is 0 Å². The molecular weight excluding hydrogens is 315 g/mol. The number of aryl methyl sites for hydroxylation is 1. The summed E-state index contributed by atoms with van der Waals surface area (Å²) in [5.74, 6) is 0.347. The number of hydrogen-bond donors (Lipinski definition) is 1. The molecule has 1 saturated carbocycles. The molecule has 0 saturated heterocycles. The molecule has 4 nitrogen and oxygen atoms in total. The molecule has 1 aliphatic rings. The summed E-state index contributed by atoms with van der Waals surface area (Å²) < 4.78 is 15.7. The minimum atomic E-state index is -0.192. The van der Waals surface area contributed by atoms with Crippen LogP contribution in [0.15, 0.2) is 48.9 Å². The Bertz CT molecular complexity index is 1090. The molecule has 3 aromatic heterocycles. The van der Waals surface area contributed by atoms with E-state index in [1.54, 1.807) is 19.2 Å². The highest BCUT2D eigenvalue weighted by Crippen LogP contribution is 2.46. The maximum atomic E-state index is 13.7. The Labute approximate surface area is 144 Å². The molecule has 0 radical (unpaired) electrons. The first-order chi connectivity index (χ1) is 12.2. The highest BCUT2D eigenvalue weighted by atomic mass is 19.1. The Morgan fingerprint density at radius 1 is 1.16 bits per heavy atom. The second-order valence-electron chi connectivity index (χ2n) is 6.71. The third-order valence-electron chi connectivity index (χ3n) is 4.89. The highest BCUT2D eigenvalue weighted by Gasteiger charge is 2.30. The molecule has 124 valence electrons. The number of imidazole rings is 1. The number of fused-ring (bicyclic) bond motifs is 1. The van der Waals surface area contributed by atoms with Gasteiger partial charge in [0.1, 0.15) is 17.2 Å². The van der Waals surface area contributed by atoms with Crippen LogP contribution in [0.3, 0.4) is 0 Å². The smallest absolute Gasteiger partial charge is 0.136 e. The van der Waals surface area contributed by atoms with E-state index < -0.39 is 0 Å². The number of pyridine rings is 1. The number of H-pyrrole nitrogens is 1. The molecular formula is C20H17FN4. The van der Waals surface area contributed by atoms with Crippen LogP contribution in [0.4, 0.5) is 4.39 Å². The van der Waals surface area contributed by atoms with E-state index in [1.807, 2.05) is 22.7 Å². The number of aromatic amines is 1. The zero-order chi connectivity index (χ0) is 17.0. The van der Waals surface area contributed by atoms with E-state index in [4.69, 9.17) is 0 Å². The van der Waals surface area contributed by atoms with Crippen molar-refractivity contribution in [3.8, 4) is 22.4 Å². The third kappa shape index (κ3) is 2.35. The molecule has 5 heteroatoms. The summed E-state index contributed by atoms with van der Waals surface area (Å²) in [5, 5.41) is 7.83. The van der Waals surface area contributed by atoms with Crippen LogP contribution in [0.2, 0.25) is 0 Å². The van der Waals surface area contributed by atoms with E-state index in [1.165, 1.54) is 24.6 Å². The first-order valence-electron chi connectivity index (χ1n) is 8.48. The summed E-state index contributed by atoms with van der Waals surface area (Å²) in [6.45, 7) is 1.78. The molecule has 4 aromatic rings. The van der Waals surface area contributed by atoms with Gasteiger partial charge in [0.2, 0.25) is 0 Å². The van der Waals surface area contributed by atoms with Crippen molar-refractivity contribution in [2.75, 3.05) is 0 Å². The van der Waals surface area contributed by atoms with Gasteiger partial charge in [-0.25, -0.2) is 9.37 Å². The van der Waals surface area contributed by atoms with E-state index in [2.05, 4.69) is 27.4 Å². The molecule has 0 bridgehead atoms. The number of rotatable bonds is 3. The fourth-order valence-corrected chi connectivity index (χ4v) is 3.38. The summed E-state index contributed by atoms with van der Waals surface area (Å²) >= 11 is 0. The summed E-state index contributed by atoms with van der Waals surface area (Å²) in [7, 11) is 0. The predicted octanol–water partition coefficient (Wildman–Crippen LogP) is 4.72. The van der Waals surface area contributed by atoms with E-state index >= 15 is 0 Å². The van der Waals surface area contributed by atoms with Gasteiger partial charge in [-0.15, -0.1) is 0 Å². The summed E-state index contributed by atoms with van der Waals surface area (Å²) in [6, 6.07) is 9.27. The van der Waals surface area contributed by atoms with Gasteiger partial charge in [-0.2, -0.15) is 5.10 Å². The van der Waals surface area contributed by atoms with E-state index in [0.29, 0.717) is 11.5 Å². The number of nitrogens with zero attached hydrogens (tertiary/aromatic N) is 3. The van der Waals surface area contributed by atoms with Crippen LogP contribution in [0, 0.1) is 12.7 Å². The topological polar surface area (TPSA) is 46.0 Å². The molecule has 0 atom stereocenters. The lowest BCUT2D eigenvalue weighted by molar-refractivity contribution is 0.619. The highest BCUT2D eigenvalue weighted by molar-refractivity contribution is 5.83. The number of halogens is 1. The number of aromatic nitrogens is 4. The average Bonchev–Trinajstić information content (AvgIpc) is 3.19. The Balaban J connectivity index is 1.73. The lowest BCUT2D eigenvalue weighted by atomic mass is 9.97. The summed E-state index contributed by atoms with van der Waals surface area (Å²) in [4.78, 5) is 4.31. The van der Waals surface area contributed by atoms with Crippen LogP contribution in [0.25, 0.3) is 28.0 Å². The second-order valence-corrected chi connectivity index (χ2v) is 6.71. The molecule has 0 spiro atoms. The molecule has 3 heterocycles. The zero-order valence-electron chi connectivity index (χ0n) is 13.8. The molecule has 0 aliphatic heterocycles. The van der Waals surface area contributed by atoms with Crippen molar-refractivity contribution >= 4 is 5.65 Å². The predicted molar refractivity (Wildman–Crippen MR) is 94.9 cm³/mol. The van der Waals surface area contributed by atoms with E-state index in [-0.39, 0.29) is 5.82 Å². The van der Waals surface area contributed by atoms with Crippen LogP contribution in [-0.4, -0.2) is 19.6 Å². The lowest BCUT2D eigenvalue weighted by Crippen LogP contribution is -1.91. The first kappa shape index (κ1) is 14.4. The second kappa shape index (κ2) is 5.28. The fourth-order valence-electron chi connectivity index (χ4n) is 3.38. The van der Waals surface area contributed by atoms with Gasteiger partial charge in [-0.3, -0.25) is 5.10 Å². The van der Waals surface area contributed by atoms with Crippen molar-refractivity contribution in [2.24, 2.45) is 0 Å². The Morgan fingerprint density at radius 3 is 2.80 bits per heavy atom. The summed E-state index contributed by atoms with van der Waals surface area (Å²) in [5.41, 5.74) is 6.75. The van der Waals surface area contributed by atoms with Crippen LogP contribution >= 0.6 is 0 Å². The SMILES string of the molecule is Cc1cc(-c2n[nH]c(C3CC3)c2-c2ccc3nccn3c2)ccc1F. The van der Waals surface area contributed by atoms with E-state index in [9.17, 15) is 4.39 Å². The molecule has 0 amide bonds. The van der Waals surface area contributed by atoms with E-state index in [0.717, 1.165) is 28.0 Å². The van der Waals surface area contributed by atoms with Gasteiger partial charge in [0.05, 0.1) is 0 Å². The first-order valence-corrected chi connectivity index (χ1v) is 8.48. The van der Waals surface area contributed by atoms with Crippen molar-refractivity contribution < 1.29 is 4.39 Å². The van der Waals surface area contributed by atoms with Crippen LogP contribution in [0.1, 0.15) is 30.0 Å². The quantitative estimate of drug-likeness (QED) is 0.590. The Kier molecular flexibility index (Phi) is 3.04. The molecule has 25 heavy (non-hydrogen) atoms. The minimum absolute atomic E-state index is 0.192. The van der Waals surface area contributed by atoms with Gasteiger partial charge >= 0.3 is 0 Å². The third-order valence-corrected chi connectivity index (χ3v) is 4.89. The fraction of sp³-hybridized carbons (Fsp3) is 0.200. The molecule has 1 aliphatic carbocycles. The average molecular weight is 332 g/mol. The van der Waals surface area contributed by atoms with Crippen molar-refractivity contribution in [3.63, 3.8) is 0 Å². The van der Waals surface area contributed by atoms with Gasteiger partial charge in [-0.1, -0.05) is 0 Å². The van der Waals surface area contributed by atoms with Crippen LogP contribution in [0.5, 0.6) is 0 Å². The standard InChI is InChI=1S/C20H17FN4/c1-12-10-14(4-6-16(12)21)20-18(19(23-24-20)13-2-3-13)15-5-7-17-22-8-9-25(17)11-15/h4-11,13H,2-3H2,1H3,(H,23,24). The molecule has 1 aromatic carbocycles. The minimum Gasteiger partial charge on any atom is -0.306 e. The van der Waals surface area contributed by atoms with Gasteiger partial charge in [0, 0.05) is 46.9 Å². The van der Waals surface area contributed by atoms with Crippen molar-refractivity contribution in [1.82, 2.24) is 19.6 Å². The maximum Gasteiger partial charge on any atom is 0.136 e. The molecule has 5 rings (SSSR count). The van der Waals surface area contributed by atoms with Gasteiger partial charge in [0.15, 0.2) is 0 Å². The normalized spacial score (nSPS) is 14.3. The molecule has 0 unspecified atom stereocenters. The molecule has 1 fully saturated rings. The number of hydrogen-bond acceptors (Lipinski definition) is 2. The largest absolute Gasteiger partial charge is 0.306 e. The zero-order valence-corrected chi connectivity index (χ0v) is 13.8. The summed E-state index contributed by atoms with van der Waals surface area (Å²) in [6.07, 6.45) is 8.19. The molecule has 1 N–H and O–H groups in total. The van der Waals surface area contributed by atoms with Gasteiger partial charge in [0.25, 0.3) is 0 Å². The van der Waals surface area contributed by atoms with Crippen molar-refractivity contribution in [2.45, 2.75) is 25.7 Å². The number of nitrogens with one attached hydrogen (secondary N) is 1. The Morgan fingerprint density at radius 2 is 2.00 bits per heavy atom. The van der Waals surface area contributed by atoms with Gasteiger partial charge in [-0.05, 0) is 55.7 Å². The lowest BCUT2D eigenvalue weighted by Gasteiger charge is -2.08. The maximum absolute atomic E-state index is 13.7. The van der Waals surface area contributed by atoms with Crippen LogP contribution < -0.4 is 0 Å².